The largest absolute Gasteiger partial charge is 0.361 e. The number of nitrogens with one attached hydrogen (secondary N) is 1. The third kappa shape index (κ3) is 4.30. The van der Waals surface area contributed by atoms with E-state index >= 15 is 0 Å². The minimum absolute atomic E-state index is 0.0855. The van der Waals surface area contributed by atoms with Crippen molar-refractivity contribution in [2.75, 3.05) is 32.7 Å². The Morgan fingerprint density at radius 1 is 1.07 bits per heavy atom. The lowest BCUT2D eigenvalue weighted by Gasteiger charge is -2.35. The van der Waals surface area contributed by atoms with Crippen LogP contribution in [0.15, 0.2) is 48.7 Å². The van der Waals surface area contributed by atoms with E-state index in [2.05, 4.69) is 28.9 Å². The van der Waals surface area contributed by atoms with Crippen molar-refractivity contribution in [3.63, 3.8) is 0 Å². The van der Waals surface area contributed by atoms with Crippen LogP contribution in [0.25, 0.3) is 10.9 Å². The van der Waals surface area contributed by atoms with Crippen molar-refractivity contribution in [1.29, 1.82) is 0 Å². The van der Waals surface area contributed by atoms with Gasteiger partial charge in [-0.05, 0) is 35.9 Å². The Labute approximate surface area is 181 Å². The number of carbonyl (C=O) groups excluding carboxylic acids is 1. The van der Waals surface area contributed by atoms with Gasteiger partial charge in [0.25, 0.3) is 0 Å². The molecular weight excluding hydrogens is 405 g/mol. The third-order valence-electron chi connectivity index (χ3n) is 5.89. The summed E-state index contributed by atoms with van der Waals surface area (Å²) in [6.45, 7) is 6.64. The first kappa shape index (κ1) is 20.3. The number of piperazine rings is 1. The number of rotatable bonds is 5. The number of fused-ring (bicyclic) bond motifs is 1. The molecule has 3 aromatic rings. The summed E-state index contributed by atoms with van der Waals surface area (Å²) in [7, 11) is 0. The average molecular weight is 430 g/mol. The second-order valence-corrected chi connectivity index (χ2v) is 8.35. The molecule has 1 N–H and O–H groups in total. The number of hydrogen-bond acceptors (Lipinski definition) is 2. The number of likely N-dealkylation sites (N-methyl/N-ethyl adjacent to an activating group) is 1. The van der Waals surface area contributed by atoms with Gasteiger partial charge in [0.05, 0.1) is 10.0 Å². The van der Waals surface area contributed by atoms with E-state index in [-0.39, 0.29) is 11.8 Å². The van der Waals surface area contributed by atoms with Gasteiger partial charge in [-0.3, -0.25) is 4.79 Å². The first-order valence-electron chi connectivity index (χ1n) is 10.1. The minimum atomic E-state index is -0.0855. The highest BCUT2D eigenvalue weighted by Crippen LogP contribution is 2.36. The van der Waals surface area contributed by atoms with Crippen LogP contribution in [0.1, 0.15) is 30.4 Å². The number of aromatic amines is 1. The van der Waals surface area contributed by atoms with Gasteiger partial charge in [0.2, 0.25) is 5.91 Å². The van der Waals surface area contributed by atoms with Crippen LogP contribution in [0, 0.1) is 0 Å². The molecule has 0 spiro atoms. The summed E-state index contributed by atoms with van der Waals surface area (Å²) in [6.07, 6.45) is 2.42. The molecule has 1 saturated heterocycles. The zero-order valence-corrected chi connectivity index (χ0v) is 18.0. The molecule has 1 fully saturated rings. The fourth-order valence-electron chi connectivity index (χ4n) is 4.14. The third-order valence-corrected chi connectivity index (χ3v) is 6.63. The van der Waals surface area contributed by atoms with Gasteiger partial charge in [-0.2, -0.15) is 0 Å². The number of amides is 1. The number of halogens is 2. The molecule has 0 unspecified atom stereocenters. The summed E-state index contributed by atoms with van der Waals surface area (Å²) in [6, 6.07) is 13.9. The van der Waals surface area contributed by atoms with E-state index in [1.807, 2.05) is 41.4 Å². The van der Waals surface area contributed by atoms with Crippen LogP contribution in [-0.2, 0) is 4.79 Å². The summed E-state index contributed by atoms with van der Waals surface area (Å²) in [4.78, 5) is 20.9. The molecule has 6 heteroatoms. The Balaban J connectivity index is 1.65. The maximum Gasteiger partial charge on any atom is 0.223 e. The number of aromatic nitrogens is 1. The van der Waals surface area contributed by atoms with Crippen molar-refractivity contribution >= 4 is 40.0 Å². The van der Waals surface area contributed by atoms with Crippen molar-refractivity contribution in [1.82, 2.24) is 14.8 Å². The molecule has 2 aromatic carbocycles. The number of benzene rings is 2. The smallest absolute Gasteiger partial charge is 0.223 e. The van der Waals surface area contributed by atoms with Crippen molar-refractivity contribution < 1.29 is 4.79 Å². The quantitative estimate of drug-likeness (QED) is 0.607. The molecule has 29 heavy (non-hydrogen) atoms. The fourth-order valence-corrected chi connectivity index (χ4v) is 4.44. The molecule has 1 aliphatic rings. The van der Waals surface area contributed by atoms with Crippen LogP contribution in [0.3, 0.4) is 0 Å². The normalized spacial score (nSPS) is 16.3. The van der Waals surface area contributed by atoms with Crippen LogP contribution < -0.4 is 0 Å². The molecular formula is C23H25Cl2N3O. The molecule has 152 valence electrons. The average Bonchev–Trinajstić information content (AvgIpc) is 3.18. The van der Waals surface area contributed by atoms with E-state index in [0.717, 1.165) is 54.8 Å². The standard InChI is InChI=1S/C23H25Cl2N3O/c1-2-27-9-11-28(12-10-27)23(29)14-18(16-7-8-20(24)21(25)13-16)19-15-26-22-6-4-3-5-17(19)22/h3-8,13,15,18,26H,2,9-12,14H2,1H3/t18-/m1/s1. The Morgan fingerprint density at radius 3 is 2.55 bits per heavy atom. The van der Waals surface area contributed by atoms with Gasteiger partial charge in [-0.15, -0.1) is 0 Å². The zero-order chi connectivity index (χ0) is 20.4. The van der Waals surface area contributed by atoms with Gasteiger partial charge in [0, 0.05) is 55.6 Å². The lowest BCUT2D eigenvalue weighted by Crippen LogP contribution is -2.48. The molecule has 1 aromatic heterocycles. The summed E-state index contributed by atoms with van der Waals surface area (Å²) < 4.78 is 0. The molecule has 4 nitrogen and oxygen atoms in total. The number of nitrogens with zero attached hydrogens (tertiary/aromatic N) is 2. The van der Waals surface area contributed by atoms with E-state index in [1.54, 1.807) is 0 Å². The number of H-pyrrole nitrogens is 1. The first-order chi connectivity index (χ1) is 14.1. The summed E-state index contributed by atoms with van der Waals surface area (Å²) in [5.41, 5.74) is 3.18. The summed E-state index contributed by atoms with van der Waals surface area (Å²) in [5.74, 6) is 0.0970. The molecule has 1 aliphatic heterocycles. The predicted octanol–water partition coefficient (Wildman–Crippen LogP) is 5.16. The predicted molar refractivity (Wildman–Crippen MR) is 120 cm³/mol. The molecule has 1 atom stereocenters. The molecule has 0 radical (unpaired) electrons. The van der Waals surface area contributed by atoms with E-state index < -0.39 is 0 Å². The topological polar surface area (TPSA) is 39.3 Å². The maximum atomic E-state index is 13.2. The number of para-hydroxylation sites is 1. The SMILES string of the molecule is CCN1CCN(C(=O)C[C@H](c2ccc(Cl)c(Cl)c2)c2c[nH]c3ccccc23)CC1. The van der Waals surface area contributed by atoms with Crippen LogP contribution in [0.4, 0.5) is 0 Å². The van der Waals surface area contributed by atoms with Crippen LogP contribution in [0.5, 0.6) is 0 Å². The Kier molecular flexibility index (Phi) is 6.14. The highest BCUT2D eigenvalue weighted by molar-refractivity contribution is 6.42. The monoisotopic (exact) mass is 429 g/mol. The fraction of sp³-hybridized carbons (Fsp3) is 0.348. The molecule has 2 heterocycles. The van der Waals surface area contributed by atoms with E-state index in [9.17, 15) is 4.79 Å². The van der Waals surface area contributed by atoms with Crippen LogP contribution in [0.2, 0.25) is 10.0 Å². The first-order valence-corrected chi connectivity index (χ1v) is 10.8. The Hall–Kier alpha value is -2.01. The molecule has 0 saturated carbocycles. The van der Waals surface area contributed by atoms with Gasteiger partial charge >= 0.3 is 0 Å². The maximum absolute atomic E-state index is 13.2. The second kappa shape index (κ2) is 8.78. The summed E-state index contributed by atoms with van der Waals surface area (Å²) in [5, 5.41) is 2.17. The Morgan fingerprint density at radius 2 is 1.83 bits per heavy atom. The molecule has 0 bridgehead atoms. The van der Waals surface area contributed by atoms with Crippen LogP contribution >= 0.6 is 23.2 Å². The molecule has 0 aliphatic carbocycles. The minimum Gasteiger partial charge on any atom is -0.361 e. The van der Waals surface area contributed by atoms with Gasteiger partial charge in [0.15, 0.2) is 0 Å². The van der Waals surface area contributed by atoms with Crippen molar-refractivity contribution in [2.45, 2.75) is 19.3 Å². The van der Waals surface area contributed by atoms with Gasteiger partial charge in [-0.25, -0.2) is 0 Å². The van der Waals surface area contributed by atoms with Crippen molar-refractivity contribution in [3.8, 4) is 0 Å². The highest BCUT2D eigenvalue weighted by atomic mass is 35.5. The molecule has 4 rings (SSSR count). The highest BCUT2D eigenvalue weighted by Gasteiger charge is 2.26. The Bertz CT molecular complexity index is 1010. The molecule has 1 amide bonds. The van der Waals surface area contributed by atoms with E-state index in [0.29, 0.717) is 16.5 Å². The summed E-state index contributed by atoms with van der Waals surface area (Å²) >= 11 is 12.5. The van der Waals surface area contributed by atoms with Crippen molar-refractivity contribution in [3.05, 3.63) is 69.8 Å². The van der Waals surface area contributed by atoms with Crippen LogP contribution in [-0.4, -0.2) is 53.4 Å². The van der Waals surface area contributed by atoms with Gasteiger partial charge in [0.1, 0.15) is 0 Å². The number of hydrogen-bond donors (Lipinski definition) is 1. The zero-order valence-electron chi connectivity index (χ0n) is 16.5. The van der Waals surface area contributed by atoms with E-state index in [4.69, 9.17) is 23.2 Å². The van der Waals surface area contributed by atoms with Crippen molar-refractivity contribution in [2.24, 2.45) is 0 Å². The van der Waals surface area contributed by atoms with Gasteiger partial charge < -0.3 is 14.8 Å². The number of carbonyl (C=O) groups is 1. The van der Waals surface area contributed by atoms with E-state index in [1.165, 1.54) is 0 Å². The van der Waals surface area contributed by atoms with Gasteiger partial charge in [-0.1, -0.05) is 54.4 Å². The lowest BCUT2D eigenvalue weighted by molar-refractivity contribution is -0.133. The lowest BCUT2D eigenvalue weighted by atomic mass is 9.87. The second-order valence-electron chi connectivity index (χ2n) is 7.53.